The molecule has 130 valence electrons. The van der Waals surface area contributed by atoms with Gasteiger partial charge in [-0.05, 0) is 72.9 Å². The van der Waals surface area contributed by atoms with Crippen molar-refractivity contribution in [2.24, 2.45) is 0 Å². The highest BCUT2D eigenvalue weighted by Gasteiger charge is 2.19. The lowest BCUT2D eigenvalue weighted by molar-refractivity contribution is 0.444. The van der Waals surface area contributed by atoms with E-state index < -0.39 is 0 Å². The third kappa shape index (κ3) is 2.88. The van der Waals surface area contributed by atoms with Gasteiger partial charge in [0.25, 0.3) is 0 Å². The van der Waals surface area contributed by atoms with E-state index in [0.29, 0.717) is 0 Å². The Morgan fingerprint density at radius 3 is 1.44 bits per heavy atom. The third-order valence-corrected chi connectivity index (χ3v) is 6.67. The van der Waals surface area contributed by atoms with Crippen LogP contribution in [0.4, 0.5) is 0 Å². The van der Waals surface area contributed by atoms with Gasteiger partial charge in [-0.2, -0.15) is 0 Å². The summed E-state index contributed by atoms with van der Waals surface area (Å²) in [4.78, 5) is 0. The number of benzene rings is 2. The molecule has 1 heterocycles. The van der Waals surface area contributed by atoms with Crippen molar-refractivity contribution >= 4 is 21.9 Å². The molecule has 0 atom stereocenters. The number of rotatable bonds is 2. The first-order valence-electron chi connectivity index (χ1n) is 10.3. The van der Waals surface area contributed by atoms with Gasteiger partial charge in [0.15, 0.2) is 0 Å². The summed E-state index contributed by atoms with van der Waals surface area (Å²) in [6, 6.07) is 13.9. The van der Waals surface area contributed by atoms with Gasteiger partial charge in [0.05, 0.1) is 0 Å². The monoisotopic (exact) mass is 332 g/mol. The van der Waals surface area contributed by atoms with E-state index in [2.05, 4.69) is 36.4 Å². The zero-order valence-electron chi connectivity index (χ0n) is 15.1. The standard InChI is InChI=1S/C24H28O/c1-3-7-17(8-4-1)19-11-13-23-21(15-19)22-16-20(12-14-24(22)25-23)18-9-5-2-6-10-18/h11-18H,1-10H2. The molecule has 0 spiro atoms. The Morgan fingerprint density at radius 1 is 0.560 bits per heavy atom. The average molecular weight is 332 g/mol. The molecule has 2 aliphatic rings. The second-order valence-corrected chi connectivity index (χ2v) is 8.28. The molecule has 0 N–H and O–H groups in total. The summed E-state index contributed by atoms with van der Waals surface area (Å²) < 4.78 is 6.14. The molecule has 0 aliphatic heterocycles. The zero-order valence-corrected chi connectivity index (χ0v) is 15.1. The fourth-order valence-electron chi connectivity index (χ4n) is 5.19. The van der Waals surface area contributed by atoms with Crippen molar-refractivity contribution in [2.45, 2.75) is 76.0 Å². The summed E-state index contributed by atoms with van der Waals surface area (Å²) in [6.45, 7) is 0. The molecule has 1 heteroatoms. The molecule has 2 saturated carbocycles. The molecule has 3 aromatic rings. The summed E-state index contributed by atoms with van der Waals surface area (Å²) in [5, 5.41) is 2.66. The summed E-state index contributed by atoms with van der Waals surface area (Å²) in [7, 11) is 0. The molecule has 0 saturated heterocycles. The molecular formula is C24H28O. The van der Waals surface area contributed by atoms with E-state index in [1.165, 1.54) is 86.1 Å². The van der Waals surface area contributed by atoms with Crippen LogP contribution in [0.25, 0.3) is 21.9 Å². The lowest BCUT2D eigenvalue weighted by Gasteiger charge is -2.22. The minimum Gasteiger partial charge on any atom is -0.456 e. The highest BCUT2D eigenvalue weighted by Crippen LogP contribution is 2.39. The van der Waals surface area contributed by atoms with Gasteiger partial charge in [0.1, 0.15) is 11.2 Å². The number of fused-ring (bicyclic) bond motifs is 3. The minimum absolute atomic E-state index is 0.754. The van der Waals surface area contributed by atoms with Crippen LogP contribution in [0.5, 0.6) is 0 Å². The Morgan fingerprint density at radius 2 is 1.00 bits per heavy atom. The summed E-state index contributed by atoms with van der Waals surface area (Å²) in [5.41, 5.74) is 5.15. The fraction of sp³-hybridized carbons (Fsp3) is 0.500. The zero-order chi connectivity index (χ0) is 16.6. The van der Waals surface area contributed by atoms with Crippen molar-refractivity contribution < 1.29 is 4.42 Å². The SMILES string of the molecule is c1cc2oc3ccc(C4CCCCC4)cc3c2cc1C1CCCCC1. The maximum Gasteiger partial charge on any atom is 0.135 e. The first-order chi connectivity index (χ1) is 12.4. The molecule has 1 aromatic heterocycles. The van der Waals surface area contributed by atoms with E-state index in [1.807, 2.05) is 0 Å². The van der Waals surface area contributed by atoms with Crippen molar-refractivity contribution in [3.63, 3.8) is 0 Å². The molecule has 5 rings (SSSR count). The Kier molecular flexibility index (Phi) is 4.04. The predicted molar refractivity (Wildman–Crippen MR) is 105 cm³/mol. The topological polar surface area (TPSA) is 13.1 Å². The Balaban J connectivity index is 1.57. The van der Waals surface area contributed by atoms with E-state index in [1.54, 1.807) is 0 Å². The van der Waals surface area contributed by atoms with E-state index in [9.17, 15) is 0 Å². The lowest BCUT2D eigenvalue weighted by atomic mass is 9.83. The van der Waals surface area contributed by atoms with Crippen molar-refractivity contribution in [3.05, 3.63) is 47.5 Å². The maximum absolute atomic E-state index is 6.14. The Hall–Kier alpha value is -1.76. The largest absolute Gasteiger partial charge is 0.456 e. The van der Waals surface area contributed by atoms with E-state index in [0.717, 1.165) is 23.0 Å². The average Bonchev–Trinajstić information content (AvgIpc) is 3.06. The second kappa shape index (κ2) is 6.52. The molecular weight excluding hydrogens is 304 g/mol. The fourth-order valence-corrected chi connectivity index (χ4v) is 5.19. The first-order valence-corrected chi connectivity index (χ1v) is 10.3. The van der Waals surface area contributed by atoms with Gasteiger partial charge in [0, 0.05) is 10.8 Å². The highest BCUT2D eigenvalue weighted by molar-refractivity contribution is 6.05. The van der Waals surface area contributed by atoms with Crippen molar-refractivity contribution in [3.8, 4) is 0 Å². The number of hydrogen-bond donors (Lipinski definition) is 0. The quantitative estimate of drug-likeness (QED) is 0.469. The van der Waals surface area contributed by atoms with Crippen LogP contribution in [0.2, 0.25) is 0 Å². The van der Waals surface area contributed by atoms with Crippen molar-refractivity contribution in [1.29, 1.82) is 0 Å². The van der Waals surface area contributed by atoms with Gasteiger partial charge >= 0.3 is 0 Å². The van der Waals surface area contributed by atoms with Crippen LogP contribution in [0.3, 0.4) is 0 Å². The van der Waals surface area contributed by atoms with Gasteiger partial charge in [-0.25, -0.2) is 0 Å². The van der Waals surface area contributed by atoms with Gasteiger partial charge in [-0.3, -0.25) is 0 Å². The van der Waals surface area contributed by atoms with E-state index in [-0.39, 0.29) is 0 Å². The lowest BCUT2D eigenvalue weighted by Crippen LogP contribution is -2.04. The van der Waals surface area contributed by atoms with Crippen LogP contribution in [-0.2, 0) is 0 Å². The molecule has 0 unspecified atom stereocenters. The Labute approximate surface area is 150 Å². The molecule has 1 nitrogen and oxygen atoms in total. The molecule has 0 radical (unpaired) electrons. The van der Waals surface area contributed by atoms with Crippen LogP contribution in [-0.4, -0.2) is 0 Å². The van der Waals surface area contributed by atoms with Gasteiger partial charge in [0.2, 0.25) is 0 Å². The smallest absolute Gasteiger partial charge is 0.135 e. The molecule has 2 aromatic carbocycles. The number of furan rings is 1. The normalized spacial score (nSPS) is 20.5. The van der Waals surface area contributed by atoms with Crippen molar-refractivity contribution in [1.82, 2.24) is 0 Å². The van der Waals surface area contributed by atoms with Gasteiger partial charge in [-0.1, -0.05) is 50.7 Å². The summed E-state index contributed by atoms with van der Waals surface area (Å²) in [6.07, 6.45) is 13.8. The molecule has 0 amide bonds. The maximum atomic E-state index is 6.14. The highest BCUT2D eigenvalue weighted by atomic mass is 16.3. The molecule has 0 bridgehead atoms. The second-order valence-electron chi connectivity index (χ2n) is 8.28. The molecule has 25 heavy (non-hydrogen) atoms. The Bertz CT molecular complexity index is 803. The minimum atomic E-state index is 0.754. The number of hydrogen-bond acceptors (Lipinski definition) is 1. The van der Waals surface area contributed by atoms with E-state index >= 15 is 0 Å². The predicted octanol–water partition coefficient (Wildman–Crippen LogP) is 7.68. The van der Waals surface area contributed by atoms with Crippen LogP contribution in [0, 0.1) is 0 Å². The van der Waals surface area contributed by atoms with Gasteiger partial charge < -0.3 is 4.42 Å². The van der Waals surface area contributed by atoms with Crippen LogP contribution < -0.4 is 0 Å². The van der Waals surface area contributed by atoms with Crippen molar-refractivity contribution in [2.75, 3.05) is 0 Å². The third-order valence-electron chi connectivity index (χ3n) is 6.67. The molecule has 2 fully saturated rings. The van der Waals surface area contributed by atoms with Gasteiger partial charge in [-0.15, -0.1) is 0 Å². The van der Waals surface area contributed by atoms with Crippen LogP contribution >= 0.6 is 0 Å². The van der Waals surface area contributed by atoms with Crippen LogP contribution in [0.1, 0.15) is 87.2 Å². The summed E-state index contributed by atoms with van der Waals surface area (Å²) >= 11 is 0. The van der Waals surface area contributed by atoms with Crippen LogP contribution in [0.15, 0.2) is 40.8 Å². The first kappa shape index (κ1) is 15.5. The molecule has 2 aliphatic carbocycles. The van der Waals surface area contributed by atoms with E-state index in [4.69, 9.17) is 4.42 Å². The summed E-state index contributed by atoms with van der Waals surface area (Å²) in [5.74, 6) is 1.51.